The van der Waals surface area contributed by atoms with Gasteiger partial charge in [-0.15, -0.1) is 10.2 Å². The van der Waals surface area contributed by atoms with E-state index in [2.05, 4.69) is 15.5 Å². The number of carbonyl (C=O) groups is 1. The van der Waals surface area contributed by atoms with Crippen molar-refractivity contribution in [1.29, 1.82) is 0 Å². The zero-order valence-electron chi connectivity index (χ0n) is 15.6. The van der Waals surface area contributed by atoms with Gasteiger partial charge in [0.1, 0.15) is 11.6 Å². The number of methoxy groups -OCH3 is 1. The predicted octanol–water partition coefficient (Wildman–Crippen LogP) is 2.84. The highest BCUT2D eigenvalue weighted by molar-refractivity contribution is 7.99. The van der Waals surface area contributed by atoms with Gasteiger partial charge in [-0.05, 0) is 74.1 Å². The Hall–Kier alpha value is -2.02. The number of ether oxygens (including phenoxy) is 1. The summed E-state index contributed by atoms with van der Waals surface area (Å²) >= 11 is 1.44. The Morgan fingerprint density at radius 1 is 1.22 bits per heavy atom. The van der Waals surface area contributed by atoms with Gasteiger partial charge in [0.05, 0.1) is 12.9 Å². The van der Waals surface area contributed by atoms with E-state index in [-0.39, 0.29) is 5.91 Å². The monoisotopic (exact) mass is 384 g/mol. The molecule has 2 aromatic rings. The van der Waals surface area contributed by atoms with Crippen molar-refractivity contribution >= 4 is 17.7 Å². The van der Waals surface area contributed by atoms with Gasteiger partial charge < -0.3 is 10.1 Å². The molecular formula is C20H24N4O2S. The molecule has 3 aliphatic carbocycles. The van der Waals surface area contributed by atoms with Crippen molar-refractivity contribution in [3.05, 3.63) is 30.1 Å². The lowest BCUT2D eigenvalue weighted by molar-refractivity contribution is -0.118. The Balaban J connectivity index is 1.22. The molecule has 0 aliphatic heterocycles. The van der Waals surface area contributed by atoms with Gasteiger partial charge in [-0.25, -0.2) is 0 Å². The highest BCUT2D eigenvalue weighted by atomic mass is 32.2. The molecule has 3 fully saturated rings. The van der Waals surface area contributed by atoms with Crippen molar-refractivity contribution in [3.63, 3.8) is 0 Å². The van der Waals surface area contributed by atoms with Gasteiger partial charge in [0.25, 0.3) is 0 Å². The van der Waals surface area contributed by atoms with Crippen LogP contribution in [0.4, 0.5) is 0 Å². The first-order valence-electron chi connectivity index (χ1n) is 9.64. The maximum atomic E-state index is 12.5. The van der Waals surface area contributed by atoms with Crippen LogP contribution in [-0.4, -0.2) is 39.6 Å². The highest BCUT2D eigenvalue weighted by Gasteiger charge is 2.65. The fourth-order valence-corrected chi connectivity index (χ4v) is 6.15. The van der Waals surface area contributed by atoms with Crippen molar-refractivity contribution in [1.82, 2.24) is 20.1 Å². The summed E-state index contributed by atoms with van der Waals surface area (Å²) in [4.78, 5) is 12.5. The molecule has 1 aromatic heterocycles. The number of hydrogen-bond donors (Lipinski definition) is 1. The molecule has 142 valence electrons. The van der Waals surface area contributed by atoms with E-state index in [1.807, 2.05) is 35.8 Å². The number of hydrogen-bond acceptors (Lipinski definition) is 5. The Bertz CT molecular complexity index is 849. The summed E-state index contributed by atoms with van der Waals surface area (Å²) in [6.07, 6.45) is 4.15. The second-order valence-corrected chi connectivity index (χ2v) is 8.88. The number of nitrogens with one attached hydrogen (secondary N) is 1. The largest absolute Gasteiger partial charge is 0.497 e. The van der Waals surface area contributed by atoms with Crippen LogP contribution in [-0.2, 0) is 4.79 Å². The number of carbonyl (C=O) groups excluding carboxylic acids is 1. The summed E-state index contributed by atoms with van der Waals surface area (Å²) in [6, 6.07) is 8.21. The fraction of sp³-hybridized carbons (Fsp3) is 0.550. The lowest BCUT2D eigenvalue weighted by Gasteiger charge is -2.11. The molecule has 4 atom stereocenters. The molecule has 6 nitrogen and oxygen atoms in total. The lowest BCUT2D eigenvalue weighted by Crippen LogP contribution is -2.31. The predicted molar refractivity (Wildman–Crippen MR) is 103 cm³/mol. The number of fused-ring (bicyclic) bond motifs is 5. The van der Waals surface area contributed by atoms with E-state index in [4.69, 9.17) is 4.74 Å². The lowest BCUT2D eigenvalue weighted by atomic mass is 10.0. The molecule has 7 heteroatoms. The maximum Gasteiger partial charge on any atom is 0.230 e. The highest BCUT2D eigenvalue weighted by Crippen LogP contribution is 2.65. The van der Waals surface area contributed by atoms with E-state index in [0.717, 1.165) is 46.1 Å². The minimum absolute atomic E-state index is 0.112. The first-order valence-corrected chi connectivity index (χ1v) is 10.6. The number of amides is 1. The van der Waals surface area contributed by atoms with Crippen molar-refractivity contribution in [3.8, 4) is 11.4 Å². The Kier molecular flexibility index (Phi) is 4.15. The smallest absolute Gasteiger partial charge is 0.230 e. The zero-order chi connectivity index (χ0) is 18.5. The van der Waals surface area contributed by atoms with E-state index < -0.39 is 0 Å². The van der Waals surface area contributed by atoms with Crippen LogP contribution in [0.15, 0.2) is 29.4 Å². The second-order valence-electron chi connectivity index (χ2n) is 7.93. The summed E-state index contributed by atoms with van der Waals surface area (Å²) < 4.78 is 7.20. The fourth-order valence-electron chi connectivity index (χ4n) is 5.34. The van der Waals surface area contributed by atoms with Gasteiger partial charge in [-0.2, -0.15) is 0 Å². The topological polar surface area (TPSA) is 69.0 Å². The number of aryl methyl sites for hydroxylation is 1. The van der Waals surface area contributed by atoms with E-state index >= 15 is 0 Å². The molecule has 1 amide bonds. The first kappa shape index (κ1) is 17.1. The van der Waals surface area contributed by atoms with Crippen LogP contribution in [0.25, 0.3) is 5.69 Å². The average Bonchev–Trinajstić information content (AvgIpc) is 3.03. The standard InChI is InChI=1S/C20H24N4O2S/c1-11-22-23-20(24(11)14-5-7-15(26-2)8-6-14)27-10-16(25)21-19-17-12-3-4-13(9-12)18(17)19/h5-8,12-13,17-19H,3-4,9-10H2,1-2H3,(H,21,25). The number of nitrogens with zero attached hydrogens (tertiary/aromatic N) is 3. The van der Waals surface area contributed by atoms with Crippen molar-refractivity contribution in [2.75, 3.05) is 12.9 Å². The van der Waals surface area contributed by atoms with Crippen LogP contribution in [0.5, 0.6) is 5.75 Å². The normalized spacial score (nSPS) is 30.2. The molecular weight excluding hydrogens is 360 g/mol. The van der Waals surface area contributed by atoms with Crippen molar-refractivity contribution in [2.24, 2.45) is 23.7 Å². The van der Waals surface area contributed by atoms with Gasteiger partial charge in [-0.1, -0.05) is 11.8 Å². The zero-order valence-corrected chi connectivity index (χ0v) is 16.4. The van der Waals surface area contributed by atoms with Crippen LogP contribution >= 0.6 is 11.8 Å². The molecule has 27 heavy (non-hydrogen) atoms. The molecule has 0 spiro atoms. The number of benzene rings is 1. The van der Waals surface area contributed by atoms with Gasteiger partial charge in [0.15, 0.2) is 5.16 Å². The number of rotatable bonds is 6. The number of thioether (sulfide) groups is 1. The molecule has 4 unspecified atom stereocenters. The molecule has 1 heterocycles. The van der Waals surface area contributed by atoms with E-state index in [9.17, 15) is 4.79 Å². The van der Waals surface area contributed by atoms with Gasteiger partial charge in [-0.3, -0.25) is 9.36 Å². The van der Waals surface area contributed by atoms with Gasteiger partial charge >= 0.3 is 0 Å². The third-order valence-electron chi connectivity index (χ3n) is 6.52. The summed E-state index contributed by atoms with van der Waals surface area (Å²) in [5.41, 5.74) is 0.967. The second kappa shape index (κ2) is 6.55. The van der Waals surface area contributed by atoms with Crippen LogP contribution in [0, 0.1) is 30.6 Å². The van der Waals surface area contributed by atoms with Crippen LogP contribution in [0.1, 0.15) is 25.1 Å². The summed E-state index contributed by atoms with van der Waals surface area (Å²) in [7, 11) is 1.65. The molecule has 1 aromatic carbocycles. The molecule has 3 saturated carbocycles. The molecule has 5 rings (SSSR count). The average molecular weight is 385 g/mol. The third kappa shape index (κ3) is 2.92. The van der Waals surface area contributed by atoms with Crippen LogP contribution in [0.3, 0.4) is 0 Å². The van der Waals surface area contributed by atoms with Gasteiger partial charge in [0, 0.05) is 11.7 Å². The summed E-state index contributed by atoms with van der Waals surface area (Å²) in [5.74, 6) is 5.38. The SMILES string of the molecule is COc1ccc(-n2c(C)nnc2SCC(=O)NC2C3C4CCC(C4)C23)cc1. The van der Waals surface area contributed by atoms with Crippen LogP contribution < -0.4 is 10.1 Å². The summed E-state index contributed by atoms with van der Waals surface area (Å²) in [6.45, 7) is 1.92. The molecule has 1 N–H and O–H groups in total. The number of aromatic nitrogens is 3. The minimum Gasteiger partial charge on any atom is -0.497 e. The first-order chi connectivity index (χ1) is 13.2. The Labute approximate surface area is 163 Å². The van der Waals surface area contributed by atoms with Crippen molar-refractivity contribution < 1.29 is 9.53 Å². The van der Waals surface area contributed by atoms with Gasteiger partial charge in [0.2, 0.25) is 5.91 Å². The van der Waals surface area contributed by atoms with Crippen molar-refractivity contribution in [2.45, 2.75) is 37.4 Å². The van der Waals surface area contributed by atoms with E-state index in [1.54, 1.807) is 7.11 Å². The maximum absolute atomic E-state index is 12.5. The summed E-state index contributed by atoms with van der Waals surface area (Å²) in [5, 5.41) is 12.5. The minimum atomic E-state index is 0.112. The van der Waals surface area contributed by atoms with E-state index in [1.165, 1.54) is 31.0 Å². The van der Waals surface area contributed by atoms with E-state index in [0.29, 0.717) is 11.8 Å². The molecule has 2 bridgehead atoms. The Morgan fingerprint density at radius 3 is 2.59 bits per heavy atom. The van der Waals surface area contributed by atoms with Crippen LogP contribution in [0.2, 0.25) is 0 Å². The third-order valence-corrected chi connectivity index (χ3v) is 7.45. The molecule has 0 saturated heterocycles. The molecule has 3 aliphatic rings. The Morgan fingerprint density at radius 2 is 1.93 bits per heavy atom. The quantitative estimate of drug-likeness (QED) is 0.776. The molecule has 0 radical (unpaired) electrons.